The Bertz CT molecular complexity index is 737. The Morgan fingerprint density at radius 1 is 1.12 bits per heavy atom. The quantitative estimate of drug-likeness (QED) is 0.793. The van der Waals surface area contributed by atoms with Gasteiger partial charge < -0.3 is 4.74 Å². The zero-order valence-corrected chi connectivity index (χ0v) is 15.2. The number of likely N-dealkylation sites (tertiary alicyclic amines) is 1. The van der Waals surface area contributed by atoms with Crippen LogP contribution >= 0.6 is 0 Å². The fourth-order valence-electron chi connectivity index (χ4n) is 3.33. The molecule has 0 radical (unpaired) electrons. The highest BCUT2D eigenvalue weighted by molar-refractivity contribution is 5.87. The average molecular weight is 339 g/mol. The second kappa shape index (κ2) is 7.74. The van der Waals surface area contributed by atoms with Crippen LogP contribution in [-0.2, 0) is 4.74 Å². The number of hydrogen-bond acceptors (Lipinski definition) is 5. The number of rotatable bonds is 4. The highest BCUT2D eigenvalue weighted by Gasteiger charge is 2.18. The first-order valence-corrected chi connectivity index (χ1v) is 8.87. The van der Waals surface area contributed by atoms with Gasteiger partial charge >= 0.3 is 5.97 Å². The van der Waals surface area contributed by atoms with Crippen LogP contribution in [-0.4, -0.2) is 41.0 Å². The molecule has 25 heavy (non-hydrogen) atoms. The Kier molecular flexibility index (Phi) is 5.43. The minimum atomic E-state index is -0.443. The molecule has 1 fully saturated rings. The smallest absolute Gasteiger partial charge is 0.356 e. The van der Waals surface area contributed by atoms with Crippen molar-refractivity contribution in [1.29, 1.82) is 0 Å². The zero-order chi connectivity index (χ0) is 17.8. The molecular formula is C20H25N3O2. The third-order valence-electron chi connectivity index (χ3n) is 4.84. The van der Waals surface area contributed by atoms with Gasteiger partial charge in [0.2, 0.25) is 0 Å². The van der Waals surface area contributed by atoms with Gasteiger partial charge in [-0.2, -0.15) is 0 Å². The number of carbonyl (C=O) groups excluding carboxylic acids is 1. The maximum absolute atomic E-state index is 11.7. The molecule has 132 valence electrons. The van der Waals surface area contributed by atoms with E-state index in [1.807, 2.05) is 19.1 Å². The maximum atomic E-state index is 11.7. The van der Waals surface area contributed by atoms with E-state index in [0.717, 1.165) is 11.3 Å². The zero-order valence-electron chi connectivity index (χ0n) is 15.2. The lowest BCUT2D eigenvalue weighted by molar-refractivity contribution is 0.0594. The molecule has 1 atom stereocenters. The first-order chi connectivity index (χ1) is 12.1. The number of nitrogens with zero attached hydrogens (tertiary/aromatic N) is 3. The van der Waals surface area contributed by atoms with E-state index >= 15 is 0 Å². The van der Waals surface area contributed by atoms with Crippen LogP contribution in [0.1, 0.15) is 54.0 Å². The standard InChI is InChI=1S/C20H25N3O2/c1-14-13-18(20(24)25-3)22-19(21-14)17-9-7-16(8-10-17)15(2)23-11-5-4-6-12-23/h7-10,13,15H,4-6,11-12H2,1-3H3/t15-/m0/s1. The van der Waals surface area contributed by atoms with Crippen molar-refractivity contribution >= 4 is 5.97 Å². The fourth-order valence-corrected chi connectivity index (χ4v) is 3.33. The summed E-state index contributed by atoms with van der Waals surface area (Å²) in [4.78, 5) is 23.1. The summed E-state index contributed by atoms with van der Waals surface area (Å²) >= 11 is 0. The first kappa shape index (κ1) is 17.5. The average Bonchev–Trinajstić information content (AvgIpc) is 2.67. The van der Waals surface area contributed by atoms with Crippen LogP contribution in [0.3, 0.4) is 0 Å². The normalized spacial score (nSPS) is 16.4. The summed E-state index contributed by atoms with van der Waals surface area (Å²) in [6, 6.07) is 10.4. The van der Waals surface area contributed by atoms with Gasteiger partial charge in [-0.15, -0.1) is 0 Å². The molecule has 0 amide bonds. The number of piperidine rings is 1. The van der Waals surface area contributed by atoms with Gasteiger partial charge in [-0.25, -0.2) is 14.8 Å². The molecule has 0 spiro atoms. The van der Waals surface area contributed by atoms with Crippen LogP contribution in [0.25, 0.3) is 11.4 Å². The van der Waals surface area contributed by atoms with Gasteiger partial charge in [0, 0.05) is 17.3 Å². The molecule has 5 heteroatoms. The Morgan fingerprint density at radius 3 is 2.44 bits per heavy atom. The van der Waals surface area contributed by atoms with Gasteiger partial charge in [-0.1, -0.05) is 30.7 Å². The van der Waals surface area contributed by atoms with E-state index in [-0.39, 0.29) is 5.69 Å². The summed E-state index contributed by atoms with van der Waals surface area (Å²) in [5.74, 6) is 0.111. The molecule has 0 aliphatic carbocycles. The number of aromatic nitrogens is 2. The van der Waals surface area contributed by atoms with Crippen molar-refractivity contribution in [2.75, 3.05) is 20.2 Å². The van der Waals surface area contributed by atoms with Crippen molar-refractivity contribution in [1.82, 2.24) is 14.9 Å². The van der Waals surface area contributed by atoms with Gasteiger partial charge in [-0.05, 0) is 51.4 Å². The minimum Gasteiger partial charge on any atom is -0.464 e. The van der Waals surface area contributed by atoms with Gasteiger partial charge in [0.1, 0.15) is 0 Å². The number of ether oxygens (including phenoxy) is 1. The summed E-state index contributed by atoms with van der Waals surface area (Å²) in [6.45, 7) is 6.46. The SMILES string of the molecule is COC(=O)c1cc(C)nc(-c2ccc([C@H](C)N3CCCCC3)cc2)n1. The van der Waals surface area contributed by atoms with E-state index < -0.39 is 5.97 Å². The summed E-state index contributed by atoms with van der Waals surface area (Å²) < 4.78 is 4.77. The summed E-state index contributed by atoms with van der Waals surface area (Å²) in [7, 11) is 1.36. The number of aryl methyl sites for hydroxylation is 1. The molecule has 1 aliphatic heterocycles. The van der Waals surface area contributed by atoms with Crippen LogP contribution in [0.4, 0.5) is 0 Å². The molecule has 0 unspecified atom stereocenters. The second-order valence-corrected chi connectivity index (χ2v) is 6.60. The van der Waals surface area contributed by atoms with Crippen molar-refractivity contribution in [2.24, 2.45) is 0 Å². The van der Waals surface area contributed by atoms with E-state index in [2.05, 4.69) is 33.9 Å². The molecule has 3 rings (SSSR count). The van der Waals surface area contributed by atoms with Crippen LogP contribution in [0, 0.1) is 6.92 Å². The minimum absolute atomic E-state index is 0.288. The Labute approximate surface area is 149 Å². The van der Waals surface area contributed by atoms with Gasteiger partial charge in [0.25, 0.3) is 0 Å². The molecule has 1 aromatic heterocycles. The summed E-state index contributed by atoms with van der Waals surface area (Å²) in [5.41, 5.74) is 3.24. The molecule has 2 aromatic rings. The number of methoxy groups -OCH3 is 1. The molecule has 1 aliphatic rings. The molecule has 0 N–H and O–H groups in total. The molecule has 2 heterocycles. The third kappa shape index (κ3) is 4.04. The lowest BCUT2D eigenvalue weighted by Gasteiger charge is -2.32. The Morgan fingerprint density at radius 2 is 1.80 bits per heavy atom. The lowest BCUT2D eigenvalue weighted by atomic mass is 10.0. The van der Waals surface area contributed by atoms with E-state index in [1.165, 1.54) is 45.0 Å². The largest absolute Gasteiger partial charge is 0.464 e. The molecular weight excluding hydrogens is 314 g/mol. The van der Waals surface area contributed by atoms with Crippen molar-refractivity contribution in [3.8, 4) is 11.4 Å². The highest BCUT2D eigenvalue weighted by atomic mass is 16.5. The fraction of sp³-hybridized carbons (Fsp3) is 0.450. The molecule has 1 saturated heterocycles. The van der Waals surface area contributed by atoms with E-state index in [9.17, 15) is 4.79 Å². The number of esters is 1. The second-order valence-electron chi connectivity index (χ2n) is 6.60. The van der Waals surface area contributed by atoms with Crippen molar-refractivity contribution in [3.63, 3.8) is 0 Å². The Balaban J connectivity index is 1.82. The van der Waals surface area contributed by atoms with E-state index in [4.69, 9.17) is 4.74 Å². The van der Waals surface area contributed by atoms with Crippen molar-refractivity contribution in [3.05, 3.63) is 47.3 Å². The van der Waals surface area contributed by atoms with Crippen LogP contribution in [0.2, 0.25) is 0 Å². The van der Waals surface area contributed by atoms with Crippen molar-refractivity contribution < 1.29 is 9.53 Å². The van der Waals surface area contributed by atoms with Gasteiger partial charge in [0.15, 0.2) is 11.5 Å². The number of carbonyl (C=O) groups is 1. The number of hydrogen-bond donors (Lipinski definition) is 0. The predicted molar refractivity (Wildman–Crippen MR) is 97.4 cm³/mol. The first-order valence-electron chi connectivity index (χ1n) is 8.87. The van der Waals surface area contributed by atoms with Crippen molar-refractivity contribution in [2.45, 2.75) is 39.2 Å². The molecule has 0 bridgehead atoms. The maximum Gasteiger partial charge on any atom is 0.356 e. The lowest BCUT2D eigenvalue weighted by Crippen LogP contribution is -2.32. The van der Waals surface area contributed by atoms with E-state index in [1.54, 1.807) is 6.07 Å². The van der Waals surface area contributed by atoms with Gasteiger partial charge in [-0.3, -0.25) is 4.90 Å². The predicted octanol–water partition coefficient (Wildman–Crippen LogP) is 3.79. The molecule has 1 aromatic carbocycles. The van der Waals surface area contributed by atoms with Gasteiger partial charge in [0.05, 0.1) is 7.11 Å². The summed E-state index contributed by atoms with van der Waals surface area (Å²) in [5, 5.41) is 0. The van der Waals surface area contributed by atoms with Crippen LogP contribution < -0.4 is 0 Å². The van der Waals surface area contributed by atoms with E-state index in [0.29, 0.717) is 11.9 Å². The monoisotopic (exact) mass is 339 g/mol. The summed E-state index contributed by atoms with van der Waals surface area (Å²) in [6.07, 6.45) is 3.92. The highest BCUT2D eigenvalue weighted by Crippen LogP contribution is 2.26. The third-order valence-corrected chi connectivity index (χ3v) is 4.84. The van der Waals surface area contributed by atoms with Crippen LogP contribution in [0.5, 0.6) is 0 Å². The van der Waals surface area contributed by atoms with Crippen LogP contribution in [0.15, 0.2) is 30.3 Å². The molecule has 5 nitrogen and oxygen atoms in total. The number of benzene rings is 1. The Hall–Kier alpha value is -2.27. The topological polar surface area (TPSA) is 55.3 Å². The molecule has 0 saturated carbocycles.